The van der Waals surface area contributed by atoms with Crippen molar-refractivity contribution in [3.05, 3.63) is 59.7 Å². The van der Waals surface area contributed by atoms with Crippen LogP contribution in [0.4, 0.5) is 5.69 Å². The number of carbonyl (C=O) groups excluding carboxylic acids is 1. The summed E-state index contributed by atoms with van der Waals surface area (Å²) in [5.74, 6) is 1.86. The Balaban J connectivity index is 0.00000261. The molecule has 4 nitrogen and oxygen atoms in total. The second kappa shape index (κ2) is 10.5. The van der Waals surface area contributed by atoms with Crippen LogP contribution in [0, 0.1) is 0 Å². The predicted molar refractivity (Wildman–Crippen MR) is 120 cm³/mol. The Kier molecular flexibility index (Phi) is 8.38. The maximum atomic E-state index is 12.8. The van der Waals surface area contributed by atoms with Crippen LogP contribution in [0.15, 0.2) is 53.5 Å². The van der Waals surface area contributed by atoms with E-state index in [4.69, 9.17) is 4.74 Å². The smallest absolute Gasteiger partial charge is 0.182 e. The highest BCUT2D eigenvalue weighted by Crippen LogP contribution is 2.24. The van der Waals surface area contributed by atoms with Gasteiger partial charge in [0.05, 0.1) is 13.7 Å². The fourth-order valence-electron chi connectivity index (χ4n) is 2.80. The van der Waals surface area contributed by atoms with Crippen molar-refractivity contribution in [3.8, 4) is 5.75 Å². The van der Waals surface area contributed by atoms with Crippen molar-refractivity contribution in [2.75, 3.05) is 30.9 Å². The van der Waals surface area contributed by atoms with Crippen LogP contribution >= 0.6 is 28.7 Å². The van der Waals surface area contributed by atoms with Crippen LogP contribution in [0.5, 0.6) is 5.75 Å². The molecule has 1 heterocycles. The molecular formula is C21H25BrN2O2S. The molecule has 0 radical (unpaired) electrons. The predicted octanol–water partition coefficient (Wildman–Crippen LogP) is 5.02. The monoisotopic (exact) mass is 448 g/mol. The van der Waals surface area contributed by atoms with E-state index in [2.05, 4.69) is 36.2 Å². The molecule has 0 atom stereocenters. The van der Waals surface area contributed by atoms with Gasteiger partial charge in [0.1, 0.15) is 5.75 Å². The van der Waals surface area contributed by atoms with Crippen molar-refractivity contribution in [2.45, 2.75) is 19.8 Å². The molecule has 0 aromatic heterocycles. The van der Waals surface area contributed by atoms with Gasteiger partial charge in [-0.25, -0.2) is 0 Å². The summed E-state index contributed by atoms with van der Waals surface area (Å²) in [7, 11) is 1.62. The molecule has 0 saturated heterocycles. The number of aliphatic imine (C=N–C) groups is 1. The zero-order valence-corrected chi connectivity index (χ0v) is 18.2. The van der Waals surface area contributed by atoms with Crippen LogP contribution in [-0.4, -0.2) is 36.9 Å². The lowest BCUT2D eigenvalue weighted by molar-refractivity contribution is 0.100. The van der Waals surface area contributed by atoms with Gasteiger partial charge in [0.25, 0.3) is 0 Å². The number of methoxy groups -OCH3 is 1. The van der Waals surface area contributed by atoms with E-state index < -0.39 is 0 Å². The number of hydrogen-bond acceptors (Lipinski definition) is 5. The fourth-order valence-corrected chi connectivity index (χ4v) is 3.77. The number of anilines is 1. The van der Waals surface area contributed by atoms with E-state index >= 15 is 0 Å². The summed E-state index contributed by atoms with van der Waals surface area (Å²) in [4.78, 5) is 19.5. The molecule has 0 bridgehead atoms. The van der Waals surface area contributed by atoms with E-state index in [9.17, 15) is 4.79 Å². The summed E-state index contributed by atoms with van der Waals surface area (Å²) in [5.41, 5.74) is 2.98. The van der Waals surface area contributed by atoms with E-state index in [0.29, 0.717) is 5.56 Å². The highest BCUT2D eigenvalue weighted by Gasteiger charge is 2.20. The number of ether oxygens (including phenoxy) is 1. The van der Waals surface area contributed by atoms with Crippen LogP contribution in [0.3, 0.4) is 0 Å². The molecule has 0 aliphatic carbocycles. The molecule has 0 N–H and O–H groups in total. The van der Waals surface area contributed by atoms with E-state index in [1.54, 1.807) is 18.9 Å². The minimum atomic E-state index is 0. The first-order chi connectivity index (χ1) is 12.7. The minimum Gasteiger partial charge on any atom is -0.497 e. The van der Waals surface area contributed by atoms with Gasteiger partial charge in [0.2, 0.25) is 0 Å². The number of rotatable bonds is 6. The maximum absolute atomic E-state index is 12.8. The fraction of sp³-hybridized carbons (Fsp3) is 0.333. The normalized spacial score (nSPS) is 13.3. The lowest BCUT2D eigenvalue weighted by Gasteiger charge is -2.27. The number of benzene rings is 2. The van der Waals surface area contributed by atoms with Gasteiger partial charge in [0.15, 0.2) is 11.0 Å². The van der Waals surface area contributed by atoms with Crippen molar-refractivity contribution in [1.82, 2.24) is 0 Å². The second-order valence-electron chi connectivity index (χ2n) is 6.12. The Morgan fingerprint density at radius 3 is 2.41 bits per heavy atom. The Morgan fingerprint density at radius 2 is 1.85 bits per heavy atom. The van der Waals surface area contributed by atoms with Gasteiger partial charge in [-0.1, -0.05) is 30.8 Å². The summed E-state index contributed by atoms with van der Waals surface area (Å²) in [6.07, 6.45) is 2.09. The summed E-state index contributed by atoms with van der Waals surface area (Å²) in [5, 5.41) is 0.933. The molecule has 2 aromatic carbocycles. The van der Waals surface area contributed by atoms with Gasteiger partial charge in [-0.3, -0.25) is 9.79 Å². The third kappa shape index (κ3) is 5.59. The molecule has 1 aliphatic rings. The third-order valence-electron chi connectivity index (χ3n) is 4.38. The molecule has 2 aromatic rings. The van der Waals surface area contributed by atoms with Gasteiger partial charge >= 0.3 is 0 Å². The quantitative estimate of drug-likeness (QED) is 0.581. The van der Waals surface area contributed by atoms with E-state index in [0.717, 1.165) is 41.7 Å². The summed E-state index contributed by atoms with van der Waals surface area (Å²) in [6, 6.07) is 15.7. The molecule has 6 heteroatoms. The average molecular weight is 449 g/mol. The highest BCUT2D eigenvalue weighted by molar-refractivity contribution is 8.93. The van der Waals surface area contributed by atoms with E-state index in [-0.39, 0.29) is 29.3 Å². The first kappa shape index (κ1) is 21.5. The van der Waals surface area contributed by atoms with E-state index in [1.165, 1.54) is 5.56 Å². The van der Waals surface area contributed by atoms with Crippen LogP contribution in [0.1, 0.15) is 29.3 Å². The SMILES string of the molecule is Br.CCc1ccc(N(CC(=O)c2ccc(OC)cc2)C2=NCCCS2)cc1. The topological polar surface area (TPSA) is 41.9 Å². The number of Topliss-reactive ketones (excluding diaryl/α,β-unsaturated/α-hetero) is 1. The van der Waals surface area contributed by atoms with Crippen LogP contribution in [0.2, 0.25) is 0 Å². The third-order valence-corrected chi connectivity index (χ3v) is 5.48. The number of aryl methyl sites for hydroxylation is 1. The Morgan fingerprint density at radius 1 is 1.15 bits per heavy atom. The molecule has 27 heavy (non-hydrogen) atoms. The molecule has 3 rings (SSSR count). The van der Waals surface area contributed by atoms with Gasteiger partial charge in [-0.15, -0.1) is 17.0 Å². The van der Waals surface area contributed by atoms with Gasteiger partial charge in [0, 0.05) is 23.5 Å². The van der Waals surface area contributed by atoms with Gasteiger partial charge in [-0.2, -0.15) is 0 Å². The Bertz CT molecular complexity index is 776. The highest BCUT2D eigenvalue weighted by atomic mass is 79.9. The number of amidine groups is 1. The largest absolute Gasteiger partial charge is 0.497 e. The molecule has 1 aliphatic heterocycles. The molecule has 0 amide bonds. The molecule has 0 saturated carbocycles. The summed E-state index contributed by atoms with van der Waals surface area (Å²) < 4.78 is 5.17. The molecular weight excluding hydrogens is 424 g/mol. The number of halogens is 1. The van der Waals surface area contributed by atoms with Crippen molar-refractivity contribution in [2.24, 2.45) is 4.99 Å². The number of ketones is 1. The van der Waals surface area contributed by atoms with Crippen LogP contribution in [0.25, 0.3) is 0 Å². The van der Waals surface area contributed by atoms with Gasteiger partial charge < -0.3 is 9.64 Å². The zero-order valence-electron chi connectivity index (χ0n) is 15.7. The number of hydrogen-bond donors (Lipinski definition) is 0. The Hall–Kier alpha value is -1.79. The number of carbonyl (C=O) groups is 1. The first-order valence-electron chi connectivity index (χ1n) is 8.92. The summed E-state index contributed by atoms with van der Waals surface area (Å²) in [6.45, 7) is 3.24. The number of thioether (sulfide) groups is 1. The molecule has 0 fully saturated rings. The Labute approximate surface area is 175 Å². The molecule has 0 spiro atoms. The average Bonchev–Trinajstić information content (AvgIpc) is 2.72. The second-order valence-corrected chi connectivity index (χ2v) is 7.19. The minimum absolute atomic E-state index is 0. The molecule has 0 unspecified atom stereocenters. The van der Waals surface area contributed by atoms with Crippen molar-refractivity contribution in [1.29, 1.82) is 0 Å². The first-order valence-corrected chi connectivity index (χ1v) is 9.91. The zero-order chi connectivity index (χ0) is 18.4. The van der Waals surface area contributed by atoms with Crippen molar-refractivity contribution in [3.63, 3.8) is 0 Å². The molecule has 144 valence electrons. The van der Waals surface area contributed by atoms with Crippen LogP contribution < -0.4 is 9.64 Å². The lowest BCUT2D eigenvalue weighted by Crippen LogP contribution is -2.35. The standard InChI is InChI=1S/C21H24N2O2S.BrH/c1-3-16-5-9-18(10-6-16)23(21-22-13-4-14-26-21)15-20(24)17-7-11-19(25-2)12-8-17;/h5-12H,3-4,13-15H2,1-2H3;1H. The van der Waals surface area contributed by atoms with Gasteiger partial charge in [-0.05, 0) is 54.8 Å². The van der Waals surface area contributed by atoms with Crippen molar-refractivity contribution >= 4 is 45.4 Å². The summed E-state index contributed by atoms with van der Waals surface area (Å²) >= 11 is 1.72. The lowest BCUT2D eigenvalue weighted by atomic mass is 10.1. The van der Waals surface area contributed by atoms with Crippen LogP contribution in [-0.2, 0) is 6.42 Å². The maximum Gasteiger partial charge on any atom is 0.182 e. The number of nitrogens with zero attached hydrogens (tertiary/aromatic N) is 2. The van der Waals surface area contributed by atoms with E-state index in [1.807, 2.05) is 29.2 Å². The van der Waals surface area contributed by atoms with Crippen molar-refractivity contribution < 1.29 is 9.53 Å².